The summed E-state index contributed by atoms with van der Waals surface area (Å²) < 4.78 is 14.5. The van der Waals surface area contributed by atoms with Gasteiger partial charge in [0.1, 0.15) is 6.23 Å². The smallest absolute Gasteiger partial charge is 0.312 e. The lowest BCUT2D eigenvalue weighted by atomic mass is 10.1. The molecule has 0 amide bonds. The second-order valence-electron chi connectivity index (χ2n) is 3.49. The number of hydrogen-bond acceptors (Lipinski definition) is 6. The number of ether oxygens (including phenoxy) is 3. The van der Waals surface area contributed by atoms with Crippen LogP contribution < -0.4 is 5.32 Å². The fourth-order valence-corrected chi connectivity index (χ4v) is 1.60. The predicted molar refractivity (Wildman–Crippen MR) is 54.5 cm³/mol. The van der Waals surface area contributed by atoms with Crippen LogP contribution in [0.2, 0.25) is 0 Å². The molecule has 6 heteroatoms. The monoisotopic (exact) mass is 231 g/mol. The maximum Gasteiger partial charge on any atom is 0.312 e. The topological polar surface area (TPSA) is 73.9 Å². The molecule has 0 spiro atoms. The molecule has 16 heavy (non-hydrogen) atoms. The zero-order chi connectivity index (χ0) is 12.0. The first kappa shape index (κ1) is 12.9. The molecule has 2 atom stereocenters. The Morgan fingerprint density at radius 3 is 2.75 bits per heavy atom. The Balaban J connectivity index is 2.30. The number of methoxy groups -OCH3 is 2. The summed E-state index contributed by atoms with van der Waals surface area (Å²) in [5, 5.41) is 2.99. The van der Waals surface area contributed by atoms with Gasteiger partial charge in [0.15, 0.2) is 0 Å². The first-order valence-corrected chi connectivity index (χ1v) is 5.18. The van der Waals surface area contributed by atoms with Gasteiger partial charge in [0.05, 0.1) is 26.6 Å². The molecule has 1 N–H and O–H groups in total. The predicted octanol–water partition coefficient (Wildman–Crippen LogP) is -0.325. The molecule has 0 radical (unpaired) electrons. The van der Waals surface area contributed by atoms with Crippen LogP contribution in [0.3, 0.4) is 0 Å². The largest absolute Gasteiger partial charge is 0.469 e. The van der Waals surface area contributed by atoms with Crippen LogP contribution >= 0.6 is 0 Å². The number of esters is 2. The van der Waals surface area contributed by atoms with Crippen molar-refractivity contribution in [2.75, 3.05) is 27.4 Å². The van der Waals surface area contributed by atoms with Crippen molar-refractivity contribution in [3.05, 3.63) is 0 Å². The van der Waals surface area contributed by atoms with Crippen molar-refractivity contribution in [1.29, 1.82) is 0 Å². The van der Waals surface area contributed by atoms with E-state index in [9.17, 15) is 9.59 Å². The maximum atomic E-state index is 11.3. The van der Waals surface area contributed by atoms with Gasteiger partial charge in [-0.2, -0.15) is 0 Å². The second kappa shape index (κ2) is 6.44. The molecule has 1 aliphatic rings. The van der Waals surface area contributed by atoms with Crippen LogP contribution in [0.15, 0.2) is 0 Å². The number of rotatable bonds is 5. The third-order valence-electron chi connectivity index (χ3n) is 2.50. The highest BCUT2D eigenvalue weighted by Gasteiger charge is 2.34. The van der Waals surface area contributed by atoms with Crippen LogP contribution in [-0.2, 0) is 23.8 Å². The summed E-state index contributed by atoms with van der Waals surface area (Å²) in [5.74, 6) is -0.865. The van der Waals surface area contributed by atoms with Gasteiger partial charge in [-0.25, -0.2) is 0 Å². The minimum atomic E-state index is -0.364. The summed E-state index contributed by atoms with van der Waals surface area (Å²) in [7, 11) is 2.69. The van der Waals surface area contributed by atoms with E-state index in [1.54, 1.807) is 0 Å². The number of nitrogens with one attached hydrogen (secondary N) is 1. The molecule has 1 rings (SSSR count). The van der Waals surface area contributed by atoms with Crippen LogP contribution in [-0.4, -0.2) is 45.5 Å². The van der Waals surface area contributed by atoms with E-state index in [0.717, 1.165) is 0 Å². The van der Waals surface area contributed by atoms with Gasteiger partial charge >= 0.3 is 11.9 Å². The van der Waals surface area contributed by atoms with Gasteiger partial charge in [-0.3, -0.25) is 14.9 Å². The fraction of sp³-hybridized carbons (Fsp3) is 0.800. The van der Waals surface area contributed by atoms with E-state index < -0.39 is 0 Å². The Morgan fingerprint density at radius 1 is 1.38 bits per heavy atom. The van der Waals surface area contributed by atoms with E-state index in [0.29, 0.717) is 19.6 Å². The highest BCUT2D eigenvalue weighted by atomic mass is 16.5. The third-order valence-corrected chi connectivity index (χ3v) is 2.50. The molecule has 0 aliphatic carbocycles. The zero-order valence-corrected chi connectivity index (χ0v) is 9.52. The highest BCUT2D eigenvalue weighted by molar-refractivity contribution is 5.73. The molecule has 92 valence electrons. The summed E-state index contributed by atoms with van der Waals surface area (Å²) in [4.78, 5) is 22.2. The van der Waals surface area contributed by atoms with Crippen molar-refractivity contribution >= 4 is 11.9 Å². The van der Waals surface area contributed by atoms with E-state index >= 15 is 0 Å². The van der Waals surface area contributed by atoms with Crippen LogP contribution in [0, 0.1) is 5.92 Å². The summed E-state index contributed by atoms with van der Waals surface area (Å²) in [6.45, 7) is 0.945. The lowest BCUT2D eigenvalue weighted by molar-refractivity contribution is -0.147. The molecule has 6 nitrogen and oxygen atoms in total. The van der Waals surface area contributed by atoms with E-state index in [1.807, 2.05) is 0 Å². The minimum absolute atomic E-state index is 0.254. The van der Waals surface area contributed by atoms with Crippen molar-refractivity contribution in [1.82, 2.24) is 5.32 Å². The first-order chi connectivity index (χ1) is 7.69. The Bertz CT molecular complexity index is 256. The van der Waals surface area contributed by atoms with Crippen LogP contribution in [0.4, 0.5) is 0 Å². The average Bonchev–Trinajstić information content (AvgIpc) is 2.76. The van der Waals surface area contributed by atoms with Crippen molar-refractivity contribution in [2.45, 2.75) is 19.1 Å². The van der Waals surface area contributed by atoms with Gasteiger partial charge in [0, 0.05) is 13.2 Å². The standard InChI is InChI=1S/C10H17NO5/c1-14-8(12)3-5-11-9-7(4-6-16-9)10(13)15-2/h7,9,11H,3-6H2,1-2H3. The Labute approximate surface area is 94.2 Å². The van der Waals surface area contributed by atoms with E-state index in [-0.39, 0.29) is 30.5 Å². The van der Waals surface area contributed by atoms with Crippen LogP contribution in [0.1, 0.15) is 12.8 Å². The molecular weight excluding hydrogens is 214 g/mol. The molecule has 1 saturated heterocycles. The average molecular weight is 231 g/mol. The molecule has 2 unspecified atom stereocenters. The molecule has 1 aliphatic heterocycles. The van der Waals surface area contributed by atoms with Crippen molar-refractivity contribution in [3.63, 3.8) is 0 Å². The number of carbonyl (C=O) groups excluding carboxylic acids is 2. The normalized spacial score (nSPS) is 24.1. The SMILES string of the molecule is COC(=O)CCNC1OCCC1C(=O)OC. The van der Waals surface area contributed by atoms with Gasteiger partial charge in [0.25, 0.3) is 0 Å². The molecular formula is C10H17NO5. The lowest BCUT2D eigenvalue weighted by Crippen LogP contribution is -2.39. The molecule has 0 aromatic carbocycles. The minimum Gasteiger partial charge on any atom is -0.469 e. The fourth-order valence-electron chi connectivity index (χ4n) is 1.60. The van der Waals surface area contributed by atoms with E-state index in [1.165, 1.54) is 14.2 Å². The van der Waals surface area contributed by atoms with E-state index in [4.69, 9.17) is 4.74 Å². The van der Waals surface area contributed by atoms with Gasteiger partial charge in [-0.1, -0.05) is 0 Å². The van der Waals surface area contributed by atoms with Gasteiger partial charge in [0.2, 0.25) is 0 Å². The quantitative estimate of drug-likeness (QED) is 0.653. The van der Waals surface area contributed by atoms with Crippen molar-refractivity contribution < 1.29 is 23.8 Å². The summed E-state index contributed by atoms with van der Waals surface area (Å²) in [6, 6.07) is 0. The molecule has 0 aromatic rings. The Morgan fingerprint density at radius 2 is 2.12 bits per heavy atom. The highest BCUT2D eigenvalue weighted by Crippen LogP contribution is 2.20. The molecule has 1 fully saturated rings. The third kappa shape index (κ3) is 3.46. The Hall–Kier alpha value is -1.14. The number of hydrogen-bond donors (Lipinski definition) is 1. The lowest BCUT2D eigenvalue weighted by Gasteiger charge is -2.17. The van der Waals surface area contributed by atoms with Crippen LogP contribution in [0.25, 0.3) is 0 Å². The van der Waals surface area contributed by atoms with Gasteiger partial charge in [-0.05, 0) is 6.42 Å². The van der Waals surface area contributed by atoms with E-state index in [2.05, 4.69) is 14.8 Å². The molecule has 0 aromatic heterocycles. The van der Waals surface area contributed by atoms with Crippen molar-refractivity contribution in [2.24, 2.45) is 5.92 Å². The van der Waals surface area contributed by atoms with Crippen LogP contribution in [0.5, 0.6) is 0 Å². The van der Waals surface area contributed by atoms with Gasteiger partial charge in [-0.15, -0.1) is 0 Å². The summed E-state index contributed by atoms with van der Waals surface area (Å²) >= 11 is 0. The summed E-state index contributed by atoms with van der Waals surface area (Å²) in [5.41, 5.74) is 0. The maximum absolute atomic E-state index is 11.3. The number of carbonyl (C=O) groups is 2. The molecule has 0 bridgehead atoms. The second-order valence-corrected chi connectivity index (χ2v) is 3.49. The van der Waals surface area contributed by atoms with Crippen molar-refractivity contribution in [3.8, 4) is 0 Å². The molecule has 0 saturated carbocycles. The van der Waals surface area contributed by atoms with Gasteiger partial charge < -0.3 is 14.2 Å². The Kier molecular flexibility index (Phi) is 5.21. The summed E-state index contributed by atoms with van der Waals surface area (Å²) in [6.07, 6.45) is 0.532. The first-order valence-electron chi connectivity index (χ1n) is 5.18. The molecule has 1 heterocycles. The zero-order valence-electron chi connectivity index (χ0n) is 9.52.